The van der Waals surface area contributed by atoms with Crippen LogP contribution in [0.5, 0.6) is 0 Å². The fraction of sp³-hybridized carbons (Fsp3) is 0.688. The van der Waals surface area contributed by atoms with Gasteiger partial charge < -0.3 is 10.1 Å². The molecular formula is C16H27N3O. The minimum atomic E-state index is 0.328. The number of hydrogen-bond donors (Lipinski definition) is 1. The van der Waals surface area contributed by atoms with Crippen LogP contribution in [-0.2, 0) is 17.8 Å². The Morgan fingerprint density at radius 1 is 1.45 bits per heavy atom. The Kier molecular flexibility index (Phi) is 5.52. The first-order chi connectivity index (χ1) is 9.56. The van der Waals surface area contributed by atoms with Crippen molar-refractivity contribution in [2.75, 3.05) is 13.7 Å². The molecule has 1 saturated heterocycles. The largest absolute Gasteiger partial charge is 0.377 e. The summed E-state index contributed by atoms with van der Waals surface area (Å²) in [6.45, 7) is 9.11. The highest BCUT2D eigenvalue weighted by molar-refractivity contribution is 5.14. The Labute approximate surface area is 122 Å². The summed E-state index contributed by atoms with van der Waals surface area (Å²) in [5.41, 5.74) is 2.36. The smallest absolute Gasteiger partial charge is 0.0703 e. The summed E-state index contributed by atoms with van der Waals surface area (Å²) in [5, 5.41) is 3.41. The average Bonchev–Trinajstić information content (AvgIpc) is 2.84. The Hall–Kier alpha value is -0.970. The molecule has 1 N–H and O–H groups in total. The maximum absolute atomic E-state index is 5.63. The summed E-state index contributed by atoms with van der Waals surface area (Å²) < 4.78 is 5.63. The van der Waals surface area contributed by atoms with Gasteiger partial charge in [-0.15, -0.1) is 0 Å². The minimum absolute atomic E-state index is 0.328. The van der Waals surface area contributed by atoms with Crippen LogP contribution in [0.4, 0.5) is 0 Å². The van der Waals surface area contributed by atoms with Crippen molar-refractivity contribution in [2.24, 2.45) is 0 Å². The lowest BCUT2D eigenvalue weighted by Gasteiger charge is -2.26. The summed E-state index contributed by atoms with van der Waals surface area (Å²) in [4.78, 5) is 6.92. The van der Waals surface area contributed by atoms with Gasteiger partial charge in [0, 0.05) is 38.0 Å². The molecule has 0 radical (unpaired) electrons. The maximum atomic E-state index is 5.63. The van der Waals surface area contributed by atoms with Crippen molar-refractivity contribution in [2.45, 2.75) is 58.5 Å². The second kappa shape index (κ2) is 7.16. The lowest BCUT2D eigenvalue weighted by atomic mass is 10.1. The molecule has 4 nitrogen and oxygen atoms in total. The van der Waals surface area contributed by atoms with Crippen molar-refractivity contribution in [1.29, 1.82) is 0 Å². The van der Waals surface area contributed by atoms with E-state index < -0.39 is 0 Å². The van der Waals surface area contributed by atoms with Crippen molar-refractivity contribution in [3.05, 3.63) is 29.6 Å². The number of rotatable bonds is 6. The van der Waals surface area contributed by atoms with E-state index in [1.807, 2.05) is 6.20 Å². The van der Waals surface area contributed by atoms with E-state index in [9.17, 15) is 0 Å². The molecule has 0 bridgehead atoms. The standard InChI is InChI=1S/C16H27N3O/c1-12(2)17-9-14-5-6-15(18-10-14)11-19(4)16-7-8-20-13(16)3/h5-6,10,12-13,16-17H,7-9,11H2,1-4H3. The zero-order valence-electron chi connectivity index (χ0n) is 13.1. The summed E-state index contributed by atoms with van der Waals surface area (Å²) in [6.07, 6.45) is 3.43. The second-order valence-corrected chi connectivity index (χ2v) is 6.04. The molecule has 2 unspecified atom stereocenters. The van der Waals surface area contributed by atoms with Gasteiger partial charge in [0.25, 0.3) is 0 Å². The Bertz CT molecular complexity index is 405. The third kappa shape index (κ3) is 4.27. The number of hydrogen-bond acceptors (Lipinski definition) is 4. The van der Waals surface area contributed by atoms with Crippen LogP contribution in [0.3, 0.4) is 0 Å². The SMILES string of the molecule is CC(C)NCc1ccc(CN(C)C2CCOC2C)nc1. The highest BCUT2D eigenvalue weighted by Gasteiger charge is 2.27. The second-order valence-electron chi connectivity index (χ2n) is 6.04. The first-order valence-electron chi connectivity index (χ1n) is 7.55. The molecule has 0 saturated carbocycles. The van der Waals surface area contributed by atoms with Crippen LogP contribution in [0.25, 0.3) is 0 Å². The predicted molar refractivity (Wildman–Crippen MR) is 81.5 cm³/mol. The van der Waals surface area contributed by atoms with E-state index in [1.165, 1.54) is 5.56 Å². The molecule has 1 aromatic rings. The summed E-state index contributed by atoms with van der Waals surface area (Å²) in [5.74, 6) is 0. The van der Waals surface area contributed by atoms with Crippen molar-refractivity contribution in [1.82, 2.24) is 15.2 Å². The van der Waals surface area contributed by atoms with Crippen LogP contribution in [0.2, 0.25) is 0 Å². The Morgan fingerprint density at radius 2 is 2.25 bits per heavy atom. The maximum Gasteiger partial charge on any atom is 0.0703 e. The fourth-order valence-electron chi connectivity index (χ4n) is 2.65. The molecule has 0 spiro atoms. The van der Waals surface area contributed by atoms with Gasteiger partial charge in [0.05, 0.1) is 11.8 Å². The average molecular weight is 277 g/mol. The monoisotopic (exact) mass is 277 g/mol. The van der Waals surface area contributed by atoms with Gasteiger partial charge in [-0.2, -0.15) is 0 Å². The zero-order valence-corrected chi connectivity index (χ0v) is 13.1. The van der Waals surface area contributed by atoms with Crippen LogP contribution in [-0.4, -0.2) is 41.7 Å². The fourth-order valence-corrected chi connectivity index (χ4v) is 2.65. The van der Waals surface area contributed by atoms with Gasteiger partial charge in [-0.05, 0) is 32.0 Å². The van der Waals surface area contributed by atoms with E-state index >= 15 is 0 Å². The molecule has 20 heavy (non-hydrogen) atoms. The van der Waals surface area contributed by atoms with Crippen LogP contribution < -0.4 is 5.32 Å². The molecule has 1 aliphatic heterocycles. The number of likely N-dealkylation sites (N-methyl/N-ethyl adjacent to an activating group) is 1. The molecule has 2 heterocycles. The molecular weight excluding hydrogens is 250 g/mol. The van der Waals surface area contributed by atoms with Gasteiger partial charge >= 0.3 is 0 Å². The molecule has 2 atom stereocenters. The lowest BCUT2D eigenvalue weighted by Crippen LogP contribution is -2.36. The molecule has 0 aromatic carbocycles. The number of nitrogens with zero attached hydrogens (tertiary/aromatic N) is 2. The number of nitrogens with one attached hydrogen (secondary N) is 1. The quantitative estimate of drug-likeness (QED) is 0.865. The third-order valence-electron chi connectivity index (χ3n) is 3.91. The predicted octanol–water partition coefficient (Wildman–Crippen LogP) is 2.19. The molecule has 1 aromatic heterocycles. The van der Waals surface area contributed by atoms with Gasteiger partial charge in [-0.1, -0.05) is 19.9 Å². The minimum Gasteiger partial charge on any atom is -0.377 e. The molecule has 112 valence electrons. The van der Waals surface area contributed by atoms with E-state index in [-0.39, 0.29) is 0 Å². The summed E-state index contributed by atoms with van der Waals surface area (Å²) in [6, 6.07) is 5.32. The third-order valence-corrected chi connectivity index (χ3v) is 3.91. The summed E-state index contributed by atoms with van der Waals surface area (Å²) >= 11 is 0. The Morgan fingerprint density at radius 3 is 2.80 bits per heavy atom. The summed E-state index contributed by atoms with van der Waals surface area (Å²) in [7, 11) is 2.16. The van der Waals surface area contributed by atoms with E-state index in [2.05, 4.69) is 55.2 Å². The van der Waals surface area contributed by atoms with Gasteiger partial charge in [0.15, 0.2) is 0 Å². The molecule has 4 heteroatoms. The van der Waals surface area contributed by atoms with Gasteiger partial charge in [0.1, 0.15) is 0 Å². The van der Waals surface area contributed by atoms with Crippen LogP contribution in [0.15, 0.2) is 18.3 Å². The van der Waals surface area contributed by atoms with E-state index in [0.717, 1.165) is 31.8 Å². The zero-order chi connectivity index (χ0) is 14.5. The number of aromatic nitrogens is 1. The molecule has 1 fully saturated rings. The van der Waals surface area contributed by atoms with Gasteiger partial charge in [0.2, 0.25) is 0 Å². The molecule has 2 rings (SSSR count). The van der Waals surface area contributed by atoms with Gasteiger partial charge in [-0.25, -0.2) is 0 Å². The van der Waals surface area contributed by atoms with Crippen molar-refractivity contribution < 1.29 is 4.74 Å². The highest BCUT2D eigenvalue weighted by atomic mass is 16.5. The lowest BCUT2D eigenvalue weighted by molar-refractivity contribution is 0.0810. The van der Waals surface area contributed by atoms with Crippen molar-refractivity contribution in [3.63, 3.8) is 0 Å². The molecule has 0 aliphatic carbocycles. The van der Waals surface area contributed by atoms with Crippen molar-refractivity contribution >= 4 is 0 Å². The normalized spacial score (nSPS) is 22.9. The topological polar surface area (TPSA) is 37.4 Å². The number of pyridine rings is 1. The van der Waals surface area contributed by atoms with Crippen LogP contribution in [0.1, 0.15) is 38.4 Å². The number of ether oxygens (including phenoxy) is 1. The molecule has 0 amide bonds. The van der Waals surface area contributed by atoms with E-state index in [1.54, 1.807) is 0 Å². The van der Waals surface area contributed by atoms with E-state index in [0.29, 0.717) is 18.2 Å². The molecule has 1 aliphatic rings. The Balaban J connectivity index is 1.86. The first kappa shape index (κ1) is 15.4. The highest BCUT2D eigenvalue weighted by Crippen LogP contribution is 2.19. The van der Waals surface area contributed by atoms with Crippen molar-refractivity contribution in [3.8, 4) is 0 Å². The van der Waals surface area contributed by atoms with Crippen LogP contribution in [0, 0.1) is 0 Å². The first-order valence-corrected chi connectivity index (χ1v) is 7.55. The van der Waals surface area contributed by atoms with Gasteiger partial charge in [-0.3, -0.25) is 9.88 Å². The van der Waals surface area contributed by atoms with E-state index in [4.69, 9.17) is 4.74 Å². The van der Waals surface area contributed by atoms with Crippen LogP contribution >= 0.6 is 0 Å².